The topological polar surface area (TPSA) is 27.3 Å². The maximum Gasteiger partial charge on any atom is 0.0400 e. The minimum atomic E-state index is 0.739. The maximum absolute atomic E-state index is 3.78. The van der Waals surface area contributed by atoms with E-state index in [1.54, 1.807) is 0 Å². The van der Waals surface area contributed by atoms with Gasteiger partial charge < -0.3 is 0 Å². The van der Waals surface area contributed by atoms with E-state index in [2.05, 4.69) is 16.0 Å². The fourth-order valence-corrected chi connectivity index (χ4v) is 3.25. The van der Waals surface area contributed by atoms with Gasteiger partial charge in [0, 0.05) is 18.1 Å². The summed E-state index contributed by atoms with van der Waals surface area (Å²) in [7, 11) is 0. The quantitative estimate of drug-likeness (QED) is 0.720. The summed E-state index contributed by atoms with van der Waals surface area (Å²) in [6, 6.07) is 2.25. The van der Waals surface area contributed by atoms with Crippen molar-refractivity contribution in [2.45, 2.75) is 88.8 Å². The maximum atomic E-state index is 3.78. The Balaban J connectivity index is 1.54. The minimum Gasteiger partial charge on any atom is -0.238 e. The Kier molecular flexibility index (Phi) is 3.99. The summed E-state index contributed by atoms with van der Waals surface area (Å²) in [5.74, 6) is 0. The third kappa shape index (κ3) is 3.43. The van der Waals surface area contributed by atoms with Crippen LogP contribution in [0, 0.1) is 0 Å². The predicted octanol–water partition coefficient (Wildman–Crippen LogP) is 2.74. The number of hydrogen-bond donors (Lipinski definition) is 2. The van der Waals surface area contributed by atoms with E-state index in [9.17, 15) is 0 Å². The van der Waals surface area contributed by atoms with Gasteiger partial charge in [0.1, 0.15) is 0 Å². The molecule has 0 aromatic heterocycles. The average Bonchev–Trinajstić information content (AvgIpc) is 3.04. The monoisotopic (exact) mass is 237 g/mol. The lowest BCUT2D eigenvalue weighted by Crippen LogP contribution is -2.57. The first-order chi connectivity index (χ1) is 8.42. The molecule has 0 atom stereocenters. The van der Waals surface area contributed by atoms with E-state index in [0.29, 0.717) is 0 Å². The Labute approximate surface area is 105 Å². The fourth-order valence-electron chi connectivity index (χ4n) is 3.25. The predicted molar refractivity (Wildman–Crippen MR) is 70.3 cm³/mol. The molecule has 3 heteroatoms. The molecule has 0 aliphatic heterocycles. The number of hydrogen-bond acceptors (Lipinski definition) is 3. The van der Waals surface area contributed by atoms with Gasteiger partial charge in [-0.2, -0.15) is 5.12 Å². The highest BCUT2D eigenvalue weighted by Crippen LogP contribution is 2.26. The van der Waals surface area contributed by atoms with Crippen LogP contribution in [0.4, 0.5) is 0 Å². The number of hydrazine groups is 2. The second-order valence-corrected chi connectivity index (χ2v) is 6.18. The first-order valence-electron chi connectivity index (χ1n) is 7.73. The first kappa shape index (κ1) is 11.9. The van der Waals surface area contributed by atoms with E-state index in [-0.39, 0.29) is 0 Å². The van der Waals surface area contributed by atoms with Crippen molar-refractivity contribution in [1.29, 1.82) is 0 Å². The van der Waals surface area contributed by atoms with Crippen molar-refractivity contribution >= 4 is 0 Å². The molecular weight excluding hydrogens is 210 g/mol. The van der Waals surface area contributed by atoms with E-state index in [1.165, 1.54) is 70.6 Å². The van der Waals surface area contributed by atoms with Crippen LogP contribution in [0.2, 0.25) is 0 Å². The summed E-state index contributed by atoms with van der Waals surface area (Å²) in [6.07, 6.45) is 15.3. The third-order valence-corrected chi connectivity index (χ3v) is 4.52. The molecule has 3 rings (SSSR count). The van der Waals surface area contributed by atoms with Crippen molar-refractivity contribution in [3.8, 4) is 0 Å². The summed E-state index contributed by atoms with van der Waals surface area (Å²) in [5.41, 5.74) is 7.49. The highest BCUT2D eigenvalue weighted by Gasteiger charge is 2.30. The fraction of sp³-hybridized carbons (Fsp3) is 1.00. The minimum absolute atomic E-state index is 0.739. The van der Waals surface area contributed by atoms with Gasteiger partial charge in [-0.1, -0.05) is 32.1 Å². The van der Waals surface area contributed by atoms with Gasteiger partial charge in [-0.05, 0) is 38.5 Å². The van der Waals surface area contributed by atoms with Crippen molar-refractivity contribution in [1.82, 2.24) is 16.0 Å². The van der Waals surface area contributed by atoms with E-state index in [1.807, 2.05) is 0 Å². The van der Waals surface area contributed by atoms with E-state index >= 15 is 0 Å². The van der Waals surface area contributed by atoms with Gasteiger partial charge in [0.25, 0.3) is 0 Å². The van der Waals surface area contributed by atoms with Gasteiger partial charge in [0.05, 0.1) is 0 Å². The number of nitrogens with zero attached hydrogens (tertiary/aromatic N) is 1. The number of rotatable bonds is 5. The van der Waals surface area contributed by atoms with Crippen molar-refractivity contribution in [2.24, 2.45) is 0 Å². The van der Waals surface area contributed by atoms with Gasteiger partial charge in [0.2, 0.25) is 0 Å². The van der Waals surface area contributed by atoms with E-state index in [0.717, 1.165) is 18.1 Å². The lowest BCUT2D eigenvalue weighted by Gasteiger charge is -2.36. The zero-order chi connectivity index (χ0) is 11.5. The van der Waals surface area contributed by atoms with E-state index < -0.39 is 0 Å². The Morgan fingerprint density at radius 2 is 1.12 bits per heavy atom. The highest BCUT2D eigenvalue weighted by atomic mass is 15.7. The molecule has 0 amide bonds. The van der Waals surface area contributed by atoms with Crippen LogP contribution < -0.4 is 10.9 Å². The summed E-state index contributed by atoms with van der Waals surface area (Å²) in [4.78, 5) is 0. The van der Waals surface area contributed by atoms with Gasteiger partial charge in [0.15, 0.2) is 0 Å². The van der Waals surface area contributed by atoms with Crippen LogP contribution in [0.1, 0.15) is 70.6 Å². The van der Waals surface area contributed by atoms with Crippen LogP contribution in [0.15, 0.2) is 0 Å². The second-order valence-electron chi connectivity index (χ2n) is 6.18. The number of nitrogens with one attached hydrogen (secondary N) is 2. The largest absolute Gasteiger partial charge is 0.238 e. The molecule has 3 nitrogen and oxygen atoms in total. The molecule has 0 saturated heterocycles. The molecule has 0 radical (unpaired) electrons. The normalized spacial score (nSPS) is 28.1. The summed E-state index contributed by atoms with van der Waals surface area (Å²) >= 11 is 0. The SMILES string of the molecule is C1CCC(N(NC2CCCC2)NC2CC2)CC1. The Hall–Kier alpha value is -0.120. The summed E-state index contributed by atoms with van der Waals surface area (Å²) < 4.78 is 0. The molecule has 0 unspecified atom stereocenters. The van der Waals surface area contributed by atoms with Crippen molar-refractivity contribution < 1.29 is 0 Å². The molecule has 98 valence electrons. The van der Waals surface area contributed by atoms with Crippen LogP contribution in [-0.4, -0.2) is 23.2 Å². The zero-order valence-electron chi connectivity index (χ0n) is 11.0. The van der Waals surface area contributed by atoms with Crippen LogP contribution in [0.5, 0.6) is 0 Å². The van der Waals surface area contributed by atoms with Crippen molar-refractivity contribution in [3.63, 3.8) is 0 Å². The van der Waals surface area contributed by atoms with Gasteiger partial charge in [-0.3, -0.25) is 0 Å². The standard InChI is InChI=1S/C14H27N3/c1-2-8-14(9-3-1)17(16-13-10-11-13)15-12-6-4-5-7-12/h12-16H,1-11H2. The molecule has 0 heterocycles. The average molecular weight is 237 g/mol. The summed E-state index contributed by atoms with van der Waals surface area (Å²) in [6.45, 7) is 0. The molecule has 0 aromatic rings. The molecule has 0 aromatic carbocycles. The second kappa shape index (κ2) is 5.68. The molecule has 3 saturated carbocycles. The molecule has 3 aliphatic carbocycles. The van der Waals surface area contributed by atoms with Crippen molar-refractivity contribution in [3.05, 3.63) is 0 Å². The molecule has 3 fully saturated rings. The lowest BCUT2D eigenvalue weighted by molar-refractivity contribution is 0.0189. The molecule has 2 N–H and O–H groups in total. The van der Waals surface area contributed by atoms with Crippen LogP contribution in [0.25, 0.3) is 0 Å². The zero-order valence-corrected chi connectivity index (χ0v) is 11.0. The van der Waals surface area contributed by atoms with Crippen LogP contribution >= 0.6 is 0 Å². The first-order valence-corrected chi connectivity index (χ1v) is 7.73. The Morgan fingerprint density at radius 3 is 1.71 bits per heavy atom. The van der Waals surface area contributed by atoms with Crippen LogP contribution in [0.3, 0.4) is 0 Å². The van der Waals surface area contributed by atoms with Gasteiger partial charge in [-0.25, -0.2) is 10.9 Å². The van der Waals surface area contributed by atoms with Crippen LogP contribution in [-0.2, 0) is 0 Å². The van der Waals surface area contributed by atoms with Gasteiger partial charge >= 0.3 is 0 Å². The lowest BCUT2D eigenvalue weighted by atomic mass is 9.96. The Bertz CT molecular complexity index is 228. The third-order valence-electron chi connectivity index (χ3n) is 4.52. The smallest absolute Gasteiger partial charge is 0.0400 e. The molecule has 3 aliphatic rings. The van der Waals surface area contributed by atoms with Crippen molar-refractivity contribution in [2.75, 3.05) is 0 Å². The molecule has 17 heavy (non-hydrogen) atoms. The highest BCUT2D eigenvalue weighted by molar-refractivity contribution is 4.83. The van der Waals surface area contributed by atoms with Gasteiger partial charge in [-0.15, -0.1) is 0 Å². The molecule has 0 spiro atoms. The summed E-state index contributed by atoms with van der Waals surface area (Å²) in [5, 5.41) is 2.42. The molecule has 0 bridgehead atoms. The van der Waals surface area contributed by atoms with E-state index in [4.69, 9.17) is 0 Å². The Morgan fingerprint density at radius 1 is 0.588 bits per heavy atom. The molecular formula is C14H27N3.